The summed E-state index contributed by atoms with van der Waals surface area (Å²) in [6.45, 7) is 11.8. The summed E-state index contributed by atoms with van der Waals surface area (Å²) in [4.78, 5) is 0. The van der Waals surface area contributed by atoms with E-state index in [-0.39, 0.29) is 0 Å². The van der Waals surface area contributed by atoms with E-state index < -0.39 is 5.60 Å². The van der Waals surface area contributed by atoms with Gasteiger partial charge in [-0.05, 0) is 124 Å². The van der Waals surface area contributed by atoms with E-state index in [2.05, 4.69) is 20.8 Å². The van der Waals surface area contributed by atoms with Crippen molar-refractivity contribution >= 4 is 0 Å². The second-order valence-corrected chi connectivity index (χ2v) is 13.1. The number of fused-ring (bicyclic) bond motifs is 5. The fourth-order valence-corrected chi connectivity index (χ4v) is 9.32. The summed E-state index contributed by atoms with van der Waals surface area (Å²) in [6, 6.07) is 0.471. The van der Waals surface area contributed by atoms with E-state index in [4.69, 9.17) is 5.73 Å². The van der Waals surface area contributed by atoms with Crippen LogP contribution in [-0.2, 0) is 0 Å². The van der Waals surface area contributed by atoms with Gasteiger partial charge < -0.3 is 10.8 Å². The van der Waals surface area contributed by atoms with Crippen molar-refractivity contribution in [3.63, 3.8) is 0 Å². The van der Waals surface area contributed by atoms with Crippen molar-refractivity contribution < 1.29 is 5.11 Å². The predicted octanol–water partition coefficient (Wildman–Crippen LogP) is 6.55. The maximum atomic E-state index is 10.1. The highest BCUT2D eigenvalue weighted by molar-refractivity contribution is 5.09. The largest absolute Gasteiger partial charge is 0.390 e. The molecule has 4 saturated carbocycles. The molecule has 4 rings (SSSR count). The van der Waals surface area contributed by atoms with E-state index >= 15 is 0 Å². The third-order valence-corrected chi connectivity index (χ3v) is 10.9. The van der Waals surface area contributed by atoms with Crippen LogP contribution in [0.3, 0.4) is 0 Å². The van der Waals surface area contributed by atoms with E-state index in [1.165, 1.54) is 70.6 Å². The van der Waals surface area contributed by atoms with E-state index in [0.29, 0.717) is 16.9 Å². The minimum atomic E-state index is -0.503. The second-order valence-electron chi connectivity index (χ2n) is 13.1. The van der Waals surface area contributed by atoms with Crippen LogP contribution in [0.15, 0.2) is 0 Å². The lowest BCUT2D eigenvalue weighted by atomic mass is 9.44. The third kappa shape index (κ3) is 3.95. The van der Waals surface area contributed by atoms with Gasteiger partial charge in [0.1, 0.15) is 0 Å². The Morgan fingerprint density at radius 3 is 2.38 bits per heavy atom. The van der Waals surface area contributed by atoms with Gasteiger partial charge in [-0.1, -0.05) is 33.6 Å². The Kier molecular flexibility index (Phi) is 5.95. The molecule has 0 radical (unpaired) electrons. The Labute approximate surface area is 180 Å². The molecular weight excluding hydrogens is 354 g/mol. The molecule has 2 nitrogen and oxygen atoms in total. The molecule has 1 unspecified atom stereocenters. The molecule has 0 amide bonds. The zero-order chi connectivity index (χ0) is 21.0. The maximum absolute atomic E-state index is 10.1. The van der Waals surface area contributed by atoms with Crippen LogP contribution >= 0.6 is 0 Å². The highest BCUT2D eigenvalue weighted by Gasteiger charge is 2.60. The number of aliphatic hydroxyl groups is 1. The predicted molar refractivity (Wildman–Crippen MR) is 123 cm³/mol. The monoisotopic (exact) mass is 403 g/mol. The summed E-state index contributed by atoms with van der Waals surface area (Å²) in [6.07, 6.45) is 16.2. The molecule has 0 aromatic rings. The molecule has 9 atom stereocenters. The van der Waals surface area contributed by atoms with E-state index in [9.17, 15) is 5.11 Å². The van der Waals surface area contributed by atoms with Crippen LogP contribution in [0.4, 0.5) is 0 Å². The van der Waals surface area contributed by atoms with Gasteiger partial charge in [0.25, 0.3) is 0 Å². The minimum absolute atomic E-state index is 0.471. The van der Waals surface area contributed by atoms with Crippen LogP contribution in [0.25, 0.3) is 0 Å². The zero-order valence-electron chi connectivity index (χ0n) is 20.1. The third-order valence-electron chi connectivity index (χ3n) is 10.9. The fourth-order valence-electron chi connectivity index (χ4n) is 9.32. The maximum Gasteiger partial charge on any atom is 0.0591 e. The molecule has 168 valence electrons. The van der Waals surface area contributed by atoms with Crippen LogP contribution < -0.4 is 5.73 Å². The molecular formula is C27H49NO. The van der Waals surface area contributed by atoms with Gasteiger partial charge in [0.05, 0.1) is 5.60 Å². The van der Waals surface area contributed by atoms with Crippen molar-refractivity contribution in [2.45, 2.75) is 123 Å². The first-order valence-corrected chi connectivity index (χ1v) is 13.0. The standard InChI is InChI=1S/C27H49NO/c1-18(7-6-14-25(2,3)29)22-10-11-23-21-9-8-19-17-20(28)12-15-26(19,4)24(21)13-16-27(22,23)5/h18-24,29H,6-17,28H2,1-5H3/t18-,19+,20?,21+,22-,23+,24+,26+,27-/m1/s1. The molecule has 0 aliphatic heterocycles. The van der Waals surface area contributed by atoms with Crippen molar-refractivity contribution in [1.29, 1.82) is 0 Å². The fraction of sp³-hybridized carbons (Fsp3) is 1.00. The van der Waals surface area contributed by atoms with Crippen LogP contribution in [-0.4, -0.2) is 16.7 Å². The number of hydrogen-bond donors (Lipinski definition) is 2. The lowest BCUT2D eigenvalue weighted by Gasteiger charge is -2.61. The van der Waals surface area contributed by atoms with Gasteiger partial charge in [-0.15, -0.1) is 0 Å². The molecule has 4 aliphatic rings. The molecule has 0 heterocycles. The Hall–Kier alpha value is -0.0800. The van der Waals surface area contributed by atoms with Gasteiger partial charge in [-0.2, -0.15) is 0 Å². The summed E-state index contributed by atoms with van der Waals surface area (Å²) in [5.41, 5.74) is 7.03. The SMILES string of the molecule is C[C@H](CCCC(C)(C)O)[C@H]1CC[C@H]2[C@@H]3CC[C@H]4CC(N)CC[C@]4(C)[C@H]3CC[C@]12C. The van der Waals surface area contributed by atoms with Gasteiger partial charge in [0.15, 0.2) is 0 Å². The Morgan fingerprint density at radius 2 is 1.66 bits per heavy atom. The van der Waals surface area contributed by atoms with Gasteiger partial charge in [-0.3, -0.25) is 0 Å². The van der Waals surface area contributed by atoms with Crippen molar-refractivity contribution in [2.75, 3.05) is 0 Å². The van der Waals surface area contributed by atoms with Gasteiger partial charge in [0.2, 0.25) is 0 Å². The Balaban J connectivity index is 1.44. The summed E-state index contributed by atoms with van der Waals surface area (Å²) < 4.78 is 0. The van der Waals surface area contributed by atoms with Gasteiger partial charge in [-0.25, -0.2) is 0 Å². The van der Waals surface area contributed by atoms with Crippen LogP contribution in [0.2, 0.25) is 0 Å². The molecule has 0 aromatic carbocycles. The summed E-state index contributed by atoms with van der Waals surface area (Å²) in [5.74, 6) is 5.53. The van der Waals surface area contributed by atoms with Crippen molar-refractivity contribution in [3.05, 3.63) is 0 Å². The normalized spacial score (nSPS) is 48.5. The Bertz CT molecular complexity index is 582. The van der Waals surface area contributed by atoms with E-state index in [1.807, 2.05) is 13.8 Å². The van der Waals surface area contributed by atoms with Gasteiger partial charge in [0, 0.05) is 6.04 Å². The molecule has 29 heavy (non-hydrogen) atoms. The first kappa shape index (κ1) is 22.1. The van der Waals surface area contributed by atoms with Crippen LogP contribution in [0.5, 0.6) is 0 Å². The molecule has 0 aromatic heterocycles. The molecule has 4 fully saturated rings. The second kappa shape index (κ2) is 7.80. The number of nitrogens with two attached hydrogens (primary N) is 1. The first-order chi connectivity index (χ1) is 13.5. The lowest BCUT2D eigenvalue weighted by Crippen LogP contribution is -2.54. The molecule has 0 bridgehead atoms. The molecule has 0 spiro atoms. The topological polar surface area (TPSA) is 46.2 Å². The van der Waals surface area contributed by atoms with Crippen molar-refractivity contribution in [1.82, 2.24) is 0 Å². The Morgan fingerprint density at radius 1 is 0.966 bits per heavy atom. The van der Waals surface area contributed by atoms with Crippen LogP contribution in [0.1, 0.15) is 112 Å². The summed E-state index contributed by atoms with van der Waals surface area (Å²) in [7, 11) is 0. The van der Waals surface area contributed by atoms with Crippen LogP contribution in [0, 0.1) is 46.3 Å². The van der Waals surface area contributed by atoms with E-state index in [0.717, 1.165) is 41.9 Å². The summed E-state index contributed by atoms with van der Waals surface area (Å²) in [5, 5.41) is 10.1. The average Bonchev–Trinajstić information content (AvgIpc) is 2.98. The lowest BCUT2D eigenvalue weighted by molar-refractivity contribution is -0.116. The number of hydrogen-bond acceptors (Lipinski definition) is 2. The van der Waals surface area contributed by atoms with E-state index in [1.54, 1.807) is 0 Å². The molecule has 3 N–H and O–H groups in total. The minimum Gasteiger partial charge on any atom is -0.390 e. The van der Waals surface area contributed by atoms with Gasteiger partial charge >= 0.3 is 0 Å². The molecule has 4 aliphatic carbocycles. The molecule has 2 heteroatoms. The van der Waals surface area contributed by atoms with Crippen molar-refractivity contribution in [3.8, 4) is 0 Å². The average molecular weight is 404 g/mol. The quantitative estimate of drug-likeness (QED) is 0.546. The molecule has 0 saturated heterocycles. The highest BCUT2D eigenvalue weighted by Crippen LogP contribution is 2.68. The smallest absolute Gasteiger partial charge is 0.0591 e. The first-order valence-electron chi connectivity index (χ1n) is 13.0. The zero-order valence-corrected chi connectivity index (χ0v) is 20.1. The highest BCUT2D eigenvalue weighted by atomic mass is 16.3. The number of rotatable bonds is 5. The van der Waals surface area contributed by atoms with Crippen molar-refractivity contribution in [2.24, 2.45) is 52.1 Å². The summed E-state index contributed by atoms with van der Waals surface area (Å²) >= 11 is 0.